The second-order valence-corrected chi connectivity index (χ2v) is 6.49. The lowest BCUT2D eigenvalue weighted by atomic mass is 10.0. The number of aryl methyl sites for hydroxylation is 2. The first-order chi connectivity index (χ1) is 11.0. The molecule has 124 valence electrons. The van der Waals surface area contributed by atoms with Crippen molar-refractivity contribution in [1.82, 2.24) is 25.2 Å². The molecule has 0 saturated carbocycles. The molecule has 23 heavy (non-hydrogen) atoms. The van der Waals surface area contributed by atoms with Crippen LogP contribution in [0, 0.1) is 6.92 Å². The molecule has 1 aliphatic rings. The largest absolute Gasteiger partial charge is 0.342 e. The quantitative estimate of drug-likeness (QED) is 0.913. The predicted molar refractivity (Wildman–Crippen MR) is 84.0 cm³/mol. The number of hydrogen-bond acceptors (Lipinski definition) is 5. The van der Waals surface area contributed by atoms with Crippen LogP contribution < -0.4 is 0 Å². The zero-order chi connectivity index (χ0) is 16.4. The van der Waals surface area contributed by atoms with Crippen molar-refractivity contribution in [2.24, 2.45) is 0 Å². The fourth-order valence-electron chi connectivity index (χ4n) is 2.97. The number of nitrogens with one attached hydrogen (secondary N) is 1. The summed E-state index contributed by atoms with van der Waals surface area (Å²) in [6.45, 7) is 7.63. The SMILES string of the molecule is Cc1cn[nH]c1C1CCN(C(=O)CCc2nc(C(C)C)no2)C1. The summed E-state index contributed by atoms with van der Waals surface area (Å²) in [6.07, 6.45) is 3.73. The molecule has 0 spiro atoms. The molecule has 3 heterocycles. The number of amides is 1. The number of carbonyl (C=O) groups excluding carboxylic acids is 1. The van der Waals surface area contributed by atoms with E-state index in [0.717, 1.165) is 30.8 Å². The standard InChI is InChI=1S/C16H23N5O2/c1-10(2)16-18-13(23-20-16)4-5-14(22)21-7-6-12(9-21)15-11(3)8-17-19-15/h8,10,12H,4-7,9H2,1-3H3,(H,17,19). The Kier molecular flexibility index (Phi) is 4.45. The summed E-state index contributed by atoms with van der Waals surface area (Å²) < 4.78 is 5.19. The first-order valence-corrected chi connectivity index (χ1v) is 8.14. The van der Waals surface area contributed by atoms with Gasteiger partial charge in [-0.2, -0.15) is 10.1 Å². The van der Waals surface area contributed by atoms with Crippen molar-refractivity contribution >= 4 is 5.91 Å². The summed E-state index contributed by atoms with van der Waals surface area (Å²) in [4.78, 5) is 18.6. The molecule has 1 saturated heterocycles. The van der Waals surface area contributed by atoms with E-state index in [4.69, 9.17) is 4.52 Å². The lowest BCUT2D eigenvalue weighted by Crippen LogP contribution is -2.28. The Balaban J connectivity index is 1.52. The molecular weight excluding hydrogens is 294 g/mol. The zero-order valence-corrected chi connectivity index (χ0v) is 13.9. The van der Waals surface area contributed by atoms with Gasteiger partial charge in [0.25, 0.3) is 0 Å². The highest BCUT2D eigenvalue weighted by Gasteiger charge is 2.29. The van der Waals surface area contributed by atoms with E-state index >= 15 is 0 Å². The van der Waals surface area contributed by atoms with Gasteiger partial charge in [-0.05, 0) is 18.9 Å². The van der Waals surface area contributed by atoms with Crippen LogP contribution in [-0.4, -0.2) is 44.2 Å². The molecular formula is C16H23N5O2. The topological polar surface area (TPSA) is 87.9 Å². The Morgan fingerprint density at radius 2 is 2.35 bits per heavy atom. The van der Waals surface area contributed by atoms with Crippen LogP contribution in [-0.2, 0) is 11.2 Å². The minimum atomic E-state index is 0.147. The molecule has 7 nitrogen and oxygen atoms in total. The third-order valence-electron chi connectivity index (χ3n) is 4.37. The third-order valence-corrected chi connectivity index (χ3v) is 4.37. The second-order valence-electron chi connectivity index (χ2n) is 6.49. The minimum Gasteiger partial charge on any atom is -0.342 e. The van der Waals surface area contributed by atoms with Crippen molar-refractivity contribution < 1.29 is 9.32 Å². The van der Waals surface area contributed by atoms with E-state index in [1.54, 1.807) is 0 Å². The zero-order valence-electron chi connectivity index (χ0n) is 13.9. The number of nitrogens with zero attached hydrogens (tertiary/aromatic N) is 4. The summed E-state index contributed by atoms with van der Waals surface area (Å²) in [5.74, 6) is 1.98. The highest BCUT2D eigenvalue weighted by Crippen LogP contribution is 2.28. The van der Waals surface area contributed by atoms with E-state index in [-0.39, 0.29) is 11.8 Å². The molecule has 1 aliphatic heterocycles. The molecule has 1 unspecified atom stereocenters. The van der Waals surface area contributed by atoms with Gasteiger partial charge in [-0.15, -0.1) is 0 Å². The minimum absolute atomic E-state index is 0.147. The van der Waals surface area contributed by atoms with Crippen LogP contribution in [0.5, 0.6) is 0 Å². The fourth-order valence-corrected chi connectivity index (χ4v) is 2.97. The van der Waals surface area contributed by atoms with Crippen LogP contribution in [0.1, 0.15) is 61.5 Å². The smallest absolute Gasteiger partial charge is 0.227 e. The van der Waals surface area contributed by atoms with Crippen molar-refractivity contribution in [3.63, 3.8) is 0 Å². The summed E-state index contributed by atoms with van der Waals surface area (Å²) in [6, 6.07) is 0. The van der Waals surface area contributed by atoms with Crippen LogP contribution in [0.15, 0.2) is 10.7 Å². The maximum Gasteiger partial charge on any atom is 0.227 e. The number of H-pyrrole nitrogens is 1. The normalized spacial score (nSPS) is 18.1. The molecule has 0 radical (unpaired) electrons. The van der Waals surface area contributed by atoms with Gasteiger partial charge in [0, 0.05) is 43.5 Å². The van der Waals surface area contributed by atoms with E-state index in [9.17, 15) is 4.79 Å². The van der Waals surface area contributed by atoms with Gasteiger partial charge >= 0.3 is 0 Å². The molecule has 2 aromatic heterocycles. The second kappa shape index (κ2) is 6.52. The summed E-state index contributed by atoms with van der Waals surface area (Å²) in [7, 11) is 0. The van der Waals surface area contributed by atoms with Gasteiger partial charge in [0.1, 0.15) is 0 Å². The van der Waals surface area contributed by atoms with Crippen LogP contribution in [0.3, 0.4) is 0 Å². The summed E-state index contributed by atoms with van der Waals surface area (Å²) >= 11 is 0. The predicted octanol–water partition coefficient (Wildman–Crippen LogP) is 2.17. The molecule has 7 heteroatoms. The number of likely N-dealkylation sites (tertiary alicyclic amines) is 1. The van der Waals surface area contributed by atoms with Gasteiger partial charge in [-0.1, -0.05) is 19.0 Å². The molecule has 1 amide bonds. The van der Waals surface area contributed by atoms with Gasteiger partial charge in [-0.3, -0.25) is 9.89 Å². The Hall–Kier alpha value is -2.18. The molecule has 1 atom stereocenters. The molecule has 2 aromatic rings. The number of aromatic nitrogens is 4. The van der Waals surface area contributed by atoms with Crippen LogP contribution in [0.4, 0.5) is 0 Å². The Labute approximate surface area is 135 Å². The van der Waals surface area contributed by atoms with E-state index in [1.165, 1.54) is 0 Å². The summed E-state index contributed by atoms with van der Waals surface area (Å²) in [5.41, 5.74) is 2.31. The number of hydrogen-bond donors (Lipinski definition) is 1. The Morgan fingerprint density at radius 3 is 3.00 bits per heavy atom. The van der Waals surface area contributed by atoms with Crippen molar-refractivity contribution in [2.45, 2.75) is 51.9 Å². The van der Waals surface area contributed by atoms with Crippen molar-refractivity contribution in [2.75, 3.05) is 13.1 Å². The molecule has 1 fully saturated rings. The van der Waals surface area contributed by atoms with Crippen molar-refractivity contribution in [3.8, 4) is 0 Å². The maximum atomic E-state index is 12.4. The monoisotopic (exact) mass is 317 g/mol. The third kappa shape index (κ3) is 3.43. The first-order valence-electron chi connectivity index (χ1n) is 8.14. The van der Waals surface area contributed by atoms with E-state index < -0.39 is 0 Å². The van der Waals surface area contributed by atoms with Crippen LogP contribution in [0.2, 0.25) is 0 Å². The van der Waals surface area contributed by atoms with Crippen molar-refractivity contribution in [3.05, 3.63) is 29.2 Å². The highest BCUT2D eigenvalue weighted by atomic mass is 16.5. The average Bonchev–Trinajstić information content (AvgIpc) is 3.24. The molecule has 0 bridgehead atoms. The first kappa shape index (κ1) is 15.7. The van der Waals surface area contributed by atoms with Gasteiger partial charge in [-0.25, -0.2) is 0 Å². The van der Waals surface area contributed by atoms with Crippen LogP contribution >= 0.6 is 0 Å². The van der Waals surface area contributed by atoms with Crippen LogP contribution in [0.25, 0.3) is 0 Å². The maximum absolute atomic E-state index is 12.4. The Bertz CT molecular complexity index is 676. The number of rotatable bonds is 5. The lowest BCUT2D eigenvalue weighted by molar-refractivity contribution is -0.130. The number of aromatic amines is 1. The van der Waals surface area contributed by atoms with E-state index in [0.29, 0.717) is 30.5 Å². The van der Waals surface area contributed by atoms with Gasteiger partial charge in [0.05, 0.1) is 6.20 Å². The van der Waals surface area contributed by atoms with E-state index in [1.807, 2.05) is 31.9 Å². The molecule has 0 aliphatic carbocycles. The van der Waals surface area contributed by atoms with E-state index in [2.05, 4.69) is 20.3 Å². The fraction of sp³-hybridized carbons (Fsp3) is 0.625. The highest BCUT2D eigenvalue weighted by molar-refractivity contribution is 5.76. The van der Waals surface area contributed by atoms with Gasteiger partial charge < -0.3 is 9.42 Å². The van der Waals surface area contributed by atoms with Gasteiger partial charge in [0.15, 0.2) is 5.82 Å². The molecule has 3 rings (SSSR count). The summed E-state index contributed by atoms with van der Waals surface area (Å²) in [5, 5.41) is 11.1. The molecule has 0 aromatic carbocycles. The lowest BCUT2D eigenvalue weighted by Gasteiger charge is -2.16. The molecule has 1 N–H and O–H groups in total. The number of carbonyl (C=O) groups is 1. The van der Waals surface area contributed by atoms with Gasteiger partial charge in [0.2, 0.25) is 11.8 Å². The van der Waals surface area contributed by atoms with Crippen molar-refractivity contribution in [1.29, 1.82) is 0 Å². The average molecular weight is 317 g/mol. The Morgan fingerprint density at radius 1 is 1.52 bits per heavy atom.